The summed E-state index contributed by atoms with van der Waals surface area (Å²) >= 11 is 4.88. The van der Waals surface area contributed by atoms with Gasteiger partial charge in [0.2, 0.25) is 0 Å². The molecule has 1 heterocycles. The highest BCUT2D eigenvalue weighted by atomic mass is 79.9. The average molecular weight is 461 g/mol. The highest BCUT2D eigenvalue weighted by Crippen LogP contribution is 2.33. The summed E-state index contributed by atoms with van der Waals surface area (Å²) in [5.74, 6) is 1.15. The van der Waals surface area contributed by atoms with Gasteiger partial charge in [-0.1, -0.05) is 22.0 Å². The monoisotopic (exact) mass is 460 g/mol. The summed E-state index contributed by atoms with van der Waals surface area (Å²) in [6.45, 7) is 6.49. The predicted molar refractivity (Wildman–Crippen MR) is 119 cm³/mol. The maximum atomic E-state index is 12.4. The van der Waals surface area contributed by atoms with Crippen molar-refractivity contribution in [3.63, 3.8) is 0 Å². The van der Waals surface area contributed by atoms with E-state index >= 15 is 0 Å². The molecule has 7 heteroatoms. The molecule has 2 aromatic rings. The largest absolute Gasteiger partial charge is 0.493 e. The number of amides is 1. The van der Waals surface area contributed by atoms with E-state index in [1.165, 1.54) is 11.8 Å². The Morgan fingerprint density at radius 2 is 1.89 bits per heavy atom. The van der Waals surface area contributed by atoms with Crippen LogP contribution < -0.4 is 14.8 Å². The SMILES string of the molecule is CCOc1cc(/C=C2\SC(=Nc3cc(C)c(Br)c(C)c3)NC2=O)ccc1OC. The van der Waals surface area contributed by atoms with E-state index in [1.807, 2.05) is 57.2 Å². The van der Waals surface area contributed by atoms with Gasteiger partial charge < -0.3 is 14.8 Å². The Morgan fingerprint density at radius 3 is 2.54 bits per heavy atom. The molecule has 146 valence electrons. The van der Waals surface area contributed by atoms with Gasteiger partial charge >= 0.3 is 0 Å². The number of nitrogens with one attached hydrogen (secondary N) is 1. The van der Waals surface area contributed by atoms with Gasteiger partial charge in [0.25, 0.3) is 5.91 Å². The van der Waals surface area contributed by atoms with Crippen LogP contribution in [0.2, 0.25) is 0 Å². The Morgan fingerprint density at radius 1 is 1.18 bits per heavy atom. The van der Waals surface area contributed by atoms with Crippen LogP contribution in [-0.4, -0.2) is 24.8 Å². The minimum Gasteiger partial charge on any atom is -0.493 e. The molecule has 1 aliphatic rings. The highest BCUT2D eigenvalue weighted by Gasteiger charge is 2.24. The zero-order chi connectivity index (χ0) is 20.3. The number of nitrogens with zero attached hydrogens (tertiary/aromatic N) is 1. The summed E-state index contributed by atoms with van der Waals surface area (Å²) in [7, 11) is 1.60. The van der Waals surface area contributed by atoms with Crippen molar-refractivity contribution < 1.29 is 14.3 Å². The molecule has 5 nitrogen and oxygen atoms in total. The summed E-state index contributed by atoms with van der Waals surface area (Å²) in [5, 5.41) is 3.39. The van der Waals surface area contributed by atoms with Crippen LogP contribution in [0.25, 0.3) is 6.08 Å². The third kappa shape index (κ3) is 4.59. The first-order valence-corrected chi connectivity index (χ1v) is 10.4. The lowest BCUT2D eigenvalue weighted by atomic mass is 10.1. The van der Waals surface area contributed by atoms with E-state index in [2.05, 4.69) is 26.2 Å². The van der Waals surface area contributed by atoms with Gasteiger partial charge in [0.15, 0.2) is 16.7 Å². The number of rotatable bonds is 5. The number of benzene rings is 2. The molecule has 1 N–H and O–H groups in total. The molecule has 0 saturated carbocycles. The molecule has 0 aromatic heterocycles. The molecule has 1 amide bonds. The van der Waals surface area contributed by atoms with Gasteiger partial charge in [-0.05, 0) is 79.6 Å². The van der Waals surface area contributed by atoms with Gasteiger partial charge in [0, 0.05) is 4.47 Å². The van der Waals surface area contributed by atoms with Crippen LogP contribution in [0.4, 0.5) is 5.69 Å². The molecule has 0 radical (unpaired) electrons. The van der Waals surface area contributed by atoms with Crippen LogP contribution in [0.3, 0.4) is 0 Å². The quantitative estimate of drug-likeness (QED) is 0.609. The number of ether oxygens (including phenoxy) is 2. The molecule has 0 unspecified atom stereocenters. The molecule has 1 saturated heterocycles. The highest BCUT2D eigenvalue weighted by molar-refractivity contribution is 9.10. The van der Waals surface area contributed by atoms with Crippen molar-refractivity contribution in [2.75, 3.05) is 13.7 Å². The Balaban J connectivity index is 1.85. The Kier molecular flexibility index (Phi) is 6.46. The number of halogens is 1. The Labute approximate surface area is 177 Å². The lowest BCUT2D eigenvalue weighted by Crippen LogP contribution is -2.19. The molecule has 0 bridgehead atoms. The van der Waals surface area contributed by atoms with E-state index in [-0.39, 0.29) is 5.91 Å². The number of hydrogen-bond donors (Lipinski definition) is 1. The van der Waals surface area contributed by atoms with Gasteiger partial charge in [-0.3, -0.25) is 4.79 Å². The van der Waals surface area contributed by atoms with Crippen molar-refractivity contribution in [1.82, 2.24) is 5.32 Å². The van der Waals surface area contributed by atoms with E-state index in [4.69, 9.17) is 9.47 Å². The van der Waals surface area contributed by atoms with Crippen molar-refractivity contribution >= 4 is 50.5 Å². The number of aryl methyl sites for hydroxylation is 2. The minimum absolute atomic E-state index is 0.164. The van der Waals surface area contributed by atoms with Crippen LogP contribution in [0.15, 0.2) is 44.7 Å². The fourth-order valence-corrected chi connectivity index (χ4v) is 3.86. The first-order valence-electron chi connectivity index (χ1n) is 8.78. The zero-order valence-electron chi connectivity index (χ0n) is 16.1. The topological polar surface area (TPSA) is 59.9 Å². The van der Waals surface area contributed by atoms with Crippen molar-refractivity contribution in [3.8, 4) is 11.5 Å². The van der Waals surface area contributed by atoms with Crippen LogP contribution in [0.5, 0.6) is 11.5 Å². The van der Waals surface area contributed by atoms with Gasteiger partial charge in [-0.25, -0.2) is 4.99 Å². The second kappa shape index (κ2) is 8.84. The van der Waals surface area contributed by atoms with Crippen LogP contribution in [-0.2, 0) is 4.79 Å². The summed E-state index contributed by atoms with van der Waals surface area (Å²) in [6.07, 6.45) is 1.82. The summed E-state index contributed by atoms with van der Waals surface area (Å²) in [5.41, 5.74) is 3.88. The number of amidine groups is 1. The summed E-state index contributed by atoms with van der Waals surface area (Å²) < 4.78 is 12.0. The number of carbonyl (C=O) groups is 1. The molecule has 3 rings (SSSR count). The van der Waals surface area contributed by atoms with Crippen LogP contribution in [0, 0.1) is 13.8 Å². The molecule has 2 aromatic carbocycles. The summed E-state index contributed by atoms with van der Waals surface area (Å²) in [6, 6.07) is 9.54. The second-order valence-electron chi connectivity index (χ2n) is 6.22. The van der Waals surface area contributed by atoms with Crippen molar-refractivity contribution in [1.29, 1.82) is 0 Å². The maximum absolute atomic E-state index is 12.4. The normalized spacial score (nSPS) is 16.5. The zero-order valence-corrected chi connectivity index (χ0v) is 18.5. The van der Waals surface area contributed by atoms with E-state index in [0.29, 0.717) is 28.2 Å². The molecule has 0 aliphatic carbocycles. The first kappa shape index (κ1) is 20.5. The van der Waals surface area contributed by atoms with E-state index in [9.17, 15) is 4.79 Å². The van der Waals surface area contributed by atoms with Gasteiger partial charge in [-0.15, -0.1) is 0 Å². The van der Waals surface area contributed by atoms with Gasteiger partial charge in [0.05, 0.1) is 24.3 Å². The summed E-state index contributed by atoms with van der Waals surface area (Å²) in [4.78, 5) is 17.5. The number of thioether (sulfide) groups is 1. The number of methoxy groups -OCH3 is 1. The van der Waals surface area contributed by atoms with E-state index in [0.717, 1.165) is 26.9 Å². The van der Waals surface area contributed by atoms with Gasteiger partial charge in [0.1, 0.15) is 0 Å². The minimum atomic E-state index is -0.164. The Hall–Kier alpha value is -2.25. The van der Waals surface area contributed by atoms with Crippen molar-refractivity contribution in [3.05, 3.63) is 56.4 Å². The average Bonchev–Trinajstić information content (AvgIpc) is 2.99. The molecule has 28 heavy (non-hydrogen) atoms. The smallest absolute Gasteiger partial charge is 0.264 e. The molecule has 0 spiro atoms. The third-order valence-corrected chi connectivity index (χ3v) is 6.25. The first-order chi connectivity index (χ1) is 13.4. The third-order valence-electron chi connectivity index (χ3n) is 4.09. The Bertz CT molecular complexity index is 963. The van der Waals surface area contributed by atoms with E-state index in [1.54, 1.807) is 7.11 Å². The second-order valence-corrected chi connectivity index (χ2v) is 8.04. The number of aliphatic imine (C=N–C) groups is 1. The molecular weight excluding hydrogens is 440 g/mol. The van der Waals surface area contributed by atoms with Crippen LogP contribution >= 0.6 is 27.7 Å². The lowest BCUT2D eigenvalue weighted by molar-refractivity contribution is -0.115. The lowest BCUT2D eigenvalue weighted by Gasteiger charge is -2.09. The van der Waals surface area contributed by atoms with E-state index < -0.39 is 0 Å². The standard InChI is InChI=1S/C21H21BrN2O3S/c1-5-27-17-10-14(6-7-16(17)26-4)11-18-20(25)24-21(28-18)23-15-8-12(2)19(22)13(3)9-15/h6-11H,5H2,1-4H3,(H,23,24,25)/b18-11-. The fourth-order valence-electron chi connectivity index (χ4n) is 2.79. The number of carbonyl (C=O) groups excluding carboxylic acids is 1. The van der Waals surface area contributed by atoms with Crippen molar-refractivity contribution in [2.24, 2.45) is 4.99 Å². The molecule has 1 aliphatic heterocycles. The molecular formula is C21H21BrN2O3S. The van der Waals surface area contributed by atoms with Gasteiger partial charge in [-0.2, -0.15) is 0 Å². The van der Waals surface area contributed by atoms with Crippen LogP contribution in [0.1, 0.15) is 23.6 Å². The van der Waals surface area contributed by atoms with Crippen molar-refractivity contribution in [2.45, 2.75) is 20.8 Å². The molecule has 1 fully saturated rings. The maximum Gasteiger partial charge on any atom is 0.264 e. The predicted octanol–water partition coefficient (Wildman–Crippen LogP) is 5.36. The number of hydrogen-bond acceptors (Lipinski definition) is 5. The fraction of sp³-hybridized carbons (Fsp3) is 0.238. The molecule has 0 atom stereocenters.